The minimum Gasteiger partial charge on any atom is -0.396 e. The summed E-state index contributed by atoms with van der Waals surface area (Å²) in [5, 5.41) is 17.2. The predicted octanol–water partition coefficient (Wildman–Crippen LogP) is 1.25. The standard InChI is InChI=1S/C12H26O4S2/c13-3-1-9-17-11-7-15-5-6-16-8-12-18-10-2-4-14/h13-14H,1-12H2. The lowest BCUT2D eigenvalue weighted by Crippen LogP contribution is -2.08. The molecule has 0 spiro atoms. The molecule has 0 atom stereocenters. The van der Waals surface area contributed by atoms with Crippen molar-refractivity contribution in [1.29, 1.82) is 0 Å². The number of aliphatic hydroxyl groups is 2. The number of aliphatic hydroxyl groups excluding tert-OH is 2. The zero-order valence-electron chi connectivity index (χ0n) is 11.0. The van der Waals surface area contributed by atoms with E-state index < -0.39 is 0 Å². The molecule has 0 bridgehead atoms. The van der Waals surface area contributed by atoms with Gasteiger partial charge in [-0.15, -0.1) is 0 Å². The van der Waals surface area contributed by atoms with Crippen LogP contribution in [0.4, 0.5) is 0 Å². The molecule has 0 amide bonds. The quantitative estimate of drug-likeness (QED) is 0.444. The van der Waals surface area contributed by atoms with Crippen molar-refractivity contribution in [3.63, 3.8) is 0 Å². The van der Waals surface area contributed by atoms with Crippen LogP contribution in [0.15, 0.2) is 0 Å². The van der Waals surface area contributed by atoms with Crippen LogP contribution in [0.3, 0.4) is 0 Å². The molecule has 0 aliphatic rings. The van der Waals surface area contributed by atoms with Gasteiger partial charge >= 0.3 is 0 Å². The summed E-state index contributed by atoms with van der Waals surface area (Å²) >= 11 is 3.62. The van der Waals surface area contributed by atoms with E-state index in [1.165, 1.54) is 0 Å². The molecule has 0 aliphatic heterocycles. The third-order valence-corrected chi connectivity index (χ3v) is 4.07. The monoisotopic (exact) mass is 298 g/mol. The number of thioether (sulfide) groups is 2. The van der Waals surface area contributed by atoms with Crippen LogP contribution < -0.4 is 0 Å². The fourth-order valence-electron chi connectivity index (χ4n) is 1.10. The third kappa shape index (κ3) is 16.5. The first-order valence-corrected chi connectivity index (χ1v) is 8.75. The van der Waals surface area contributed by atoms with Crippen LogP contribution in [-0.4, -0.2) is 72.9 Å². The van der Waals surface area contributed by atoms with Gasteiger partial charge in [-0.05, 0) is 24.3 Å². The van der Waals surface area contributed by atoms with E-state index in [9.17, 15) is 0 Å². The molecular formula is C12H26O4S2. The van der Waals surface area contributed by atoms with Crippen molar-refractivity contribution in [3.8, 4) is 0 Å². The van der Waals surface area contributed by atoms with Crippen LogP contribution in [0.5, 0.6) is 0 Å². The molecule has 0 rings (SSSR count). The number of hydrogen-bond acceptors (Lipinski definition) is 6. The molecule has 4 nitrogen and oxygen atoms in total. The smallest absolute Gasteiger partial charge is 0.0700 e. The molecule has 0 aromatic carbocycles. The Morgan fingerprint density at radius 3 is 1.44 bits per heavy atom. The van der Waals surface area contributed by atoms with E-state index in [2.05, 4.69) is 0 Å². The van der Waals surface area contributed by atoms with Crippen LogP contribution in [0, 0.1) is 0 Å². The lowest BCUT2D eigenvalue weighted by atomic mass is 10.5. The van der Waals surface area contributed by atoms with Crippen molar-refractivity contribution >= 4 is 23.5 Å². The van der Waals surface area contributed by atoms with Crippen LogP contribution in [-0.2, 0) is 9.47 Å². The Morgan fingerprint density at radius 1 is 0.611 bits per heavy atom. The SMILES string of the molecule is OCCCSCCOCCOCCSCCCO. The average molecular weight is 298 g/mol. The molecule has 0 aromatic heterocycles. The molecule has 0 aliphatic carbocycles. The van der Waals surface area contributed by atoms with Gasteiger partial charge in [0.05, 0.1) is 26.4 Å². The zero-order valence-corrected chi connectivity index (χ0v) is 12.6. The normalized spacial score (nSPS) is 11.0. The highest BCUT2D eigenvalue weighted by molar-refractivity contribution is 7.99. The van der Waals surface area contributed by atoms with Crippen molar-refractivity contribution in [2.45, 2.75) is 12.8 Å². The van der Waals surface area contributed by atoms with Crippen molar-refractivity contribution in [2.75, 3.05) is 62.7 Å². The van der Waals surface area contributed by atoms with E-state index in [4.69, 9.17) is 19.7 Å². The van der Waals surface area contributed by atoms with E-state index in [1.807, 2.05) is 23.5 Å². The summed E-state index contributed by atoms with van der Waals surface area (Å²) in [6.07, 6.45) is 1.73. The lowest BCUT2D eigenvalue weighted by Gasteiger charge is -2.05. The van der Waals surface area contributed by atoms with E-state index in [0.29, 0.717) is 13.2 Å². The Kier molecular flexibility index (Phi) is 18.1. The van der Waals surface area contributed by atoms with Crippen LogP contribution in [0.2, 0.25) is 0 Å². The Labute approximate surface area is 119 Å². The first kappa shape index (κ1) is 18.5. The van der Waals surface area contributed by atoms with E-state index in [-0.39, 0.29) is 13.2 Å². The predicted molar refractivity (Wildman–Crippen MR) is 79.7 cm³/mol. The average Bonchev–Trinajstić information content (AvgIpc) is 2.39. The van der Waals surface area contributed by atoms with Gasteiger partial charge < -0.3 is 19.7 Å². The second-order valence-electron chi connectivity index (χ2n) is 3.60. The van der Waals surface area contributed by atoms with Crippen molar-refractivity contribution < 1.29 is 19.7 Å². The Hall–Kier alpha value is 0.540. The molecule has 110 valence electrons. The summed E-state index contributed by atoms with van der Waals surface area (Å²) in [5.74, 6) is 3.97. The van der Waals surface area contributed by atoms with Gasteiger partial charge in [0.15, 0.2) is 0 Å². The van der Waals surface area contributed by atoms with Gasteiger partial charge in [-0.2, -0.15) is 23.5 Å². The van der Waals surface area contributed by atoms with Crippen molar-refractivity contribution in [3.05, 3.63) is 0 Å². The maximum atomic E-state index is 8.58. The molecule has 0 saturated carbocycles. The Balaban J connectivity index is 2.86. The molecule has 0 unspecified atom stereocenters. The molecule has 18 heavy (non-hydrogen) atoms. The maximum Gasteiger partial charge on any atom is 0.0700 e. The summed E-state index contributed by atoms with van der Waals surface area (Å²) in [7, 11) is 0. The first-order chi connectivity index (χ1) is 8.91. The zero-order chi connectivity index (χ0) is 13.3. The molecule has 0 radical (unpaired) electrons. The van der Waals surface area contributed by atoms with Gasteiger partial charge in [-0.25, -0.2) is 0 Å². The lowest BCUT2D eigenvalue weighted by molar-refractivity contribution is 0.0605. The Morgan fingerprint density at radius 2 is 1.06 bits per heavy atom. The second-order valence-corrected chi connectivity index (χ2v) is 6.05. The van der Waals surface area contributed by atoms with E-state index in [1.54, 1.807) is 0 Å². The number of ether oxygens (including phenoxy) is 2. The molecule has 0 heterocycles. The van der Waals surface area contributed by atoms with E-state index in [0.717, 1.165) is 49.1 Å². The van der Waals surface area contributed by atoms with Gasteiger partial charge in [-0.1, -0.05) is 0 Å². The molecular weight excluding hydrogens is 272 g/mol. The summed E-state index contributed by atoms with van der Waals surface area (Å²) < 4.78 is 10.8. The summed E-state index contributed by atoms with van der Waals surface area (Å²) in [4.78, 5) is 0. The fraction of sp³-hybridized carbons (Fsp3) is 1.00. The highest BCUT2D eigenvalue weighted by atomic mass is 32.2. The summed E-state index contributed by atoms with van der Waals surface area (Å²) in [6, 6.07) is 0. The Bertz CT molecular complexity index is 134. The molecule has 6 heteroatoms. The molecule has 0 aromatic rings. The van der Waals surface area contributed by atoms with Crippen molar-refractivity contribution in [1.82, 2.24) is 0 Å². The van der Waals surface area contributed by atoms with Crippen LogP contribution in [0.25, 0.3) is 0 Å². The first-order valence-electron chi connectivity index (χ1n) is 6.44. The van der Waals surface area contributed by atoms with E-state index >= 15 is 0 Å². The van der Waals surface area contributed by atoms with Gasteiger partial charge in [-0.3, -0.25) is 0 Å². The topological polar surface area (TPSA) is 58.9 Å². The van der Waals surface area contributed by atoms with Crippen molar-refractivity contribution in [2.24, 2.45) is 0 Å². The largest absolute Gasteiger partial charge is 0.396 e. The number of rotatable bonds is 15. The van der Waals surface area contributed by atoms with Gasteiger partial charge in [0.1, 0.15) is 0 Å². The summed E-state index contributed by atoms with van der Waals surface area (Å²) in [6.45, 7) is 3.37. The maximum absolute atomic E-state index is 8.58. The van der Waals surface area contributed by atoms with Crippen LogP contribution >= 0.6 is 23.5 Å². The fourth-order valence-corrected chi connectivity index (χ4v) is 2.64. The van der Waals surface area contributed by atoms with Gasteiger partial charge in [0, 0.05) is 24.7 Å². The second kappa shape index (κ2) is 17.5. The number of hydrogen-bond donors (Lipinski definition) is 2. The van der Waals surface area contributed by atoms with Crippen LogP contribution in [0.1, 0.15) is 12.8 Å². The molecule has 0 saturated heterocycles. The molecule has 2 N–H and O–H groups in total. The summed E-state index contributed by atoms with van der Waals surface area (Å²) in [5.41, 5.74) is 0. The third-order valence-electron chi connectivity index (χ3n) is 2.01. The van der Waals surface area contributed by atoms with Gasteiger partial charge in [0.25, 0.3) is 0 Å². The minimum atomic E-state index is 0.276. The highest BCUT2D eigenvalue weighted by Crippen LogP contribution is 2.02. The minimum absolute atomic E-state index is 0.276. The highest BCUT2D eigenvalue weighted by Gasteiger charge is 1.93. The van der Waals surface area contributed by atoms with Gasteiger partial charge in [0.2, 0.25) is 0 Å². The molecule has 0 fully saturated rings.